The van der Waals surface area contributed by atoms with Crippen LogP contribution in [0.5, 0.6) is 0 Å². The normalized spacial score (nSPS) is 12.8. The average molecular weight is 298 g/mol. The Morgan fingerprint density at radius 2 is 2.12 bits per heavy atom. The smallest absolute Gasteiger partial charge is 0.123 e. The molecule has 0 aliphatic heterocycles. The highest BCUT2D eigenvalue weighted by molar-refractivity contribution is 9.10. The van der Waals surface area contributed by atoms with Crippen molar-refractivity contribution in [3.05, 3.63) is 49.9 Å². The molecule has 1 unspecified atom stereocenters. The summed E-state index contributed by atoms with van der Waals surface area (Å²) in [6.07, 6.45) is -0.596. The Labute approximate surface area is 107 Å². The first kappa shape index (κ1) is 11.8. The van der Waals surface area contributed by atoms with Crippen molar-refractivity contribution in [2.45, 2.75) is 20.0 Å². The maximum Gasteiger partial charge on any atom is 0.123 e. The minimum absolute atomic E-state index is 0.596. The number of aliphatic hydroxyl groups is 1. The predicted octanol–water partition coefficient (Wildman–Crippen LogP) is 3.60. The van der Waals surface area contributed by atoms with Gasteiger partial charge in [0.15, 0.2) is 0 Å². The third-order valence-electron chi connectivity index (χ3n) is 2.74. The molecule has 4 heteroatoms. The lowest BCUT2D eigenvalue weighted by Crippen LogP contribution is -2.01. The third kappa shape index (κ3) is 2.05. The highest BCUT2D eigenvalue weighted by Crippen LogP contribution is 2.33. The molecule has 1 N–H and O–H groups in total. The minimum atomic E-state index is -0.596. The van der Waals surface area contributed by atoms with Crippen LogP contribution in [0.25, 0.3) is 0 Å². The number of hydrogen-bond donors (Lipinski definition) is 1. The Morgan fingerprint density at radius 1 is 1.38 bits per heavy atom. The largest absolute Gasteiger partial charge is 0.383 e. The van der Waals surface area contributed by atoms with Crippen LogP contribution in [0.15, 0.2) is 28.3 Å². The van der Waals surface area contributed by atoms with Gasteiger partial charge in [-0.15, -0.1) is 11.3 Å². The lowest BCUT2D eigenvalue weighted by Gasteiger charge is -2.14. The highest BCUT2D eigenvalue weighted by Gasteiger charge is 2.18. The van der Waals surface area contributed by atoms with Gasteiger partial charge in [-0.2, -0.15) is 0 Å². The summed E-state index contributed by atoms with van der Waals surface area (Å²) < 4.78 is 0.728. The molecule has 0 radical (unpaired) electrons. The predicted molar refractivity (Wildman–Crippen MR) is 69.8 cm³/mol. The van der Waals surface area contributed by atoms with Crippen LogP contribution in [0.3, 0.4) is 0 Å². The third-order valence-corrected chi connectivity index (χ3v) is 4.51. The Morgan fingerprint density at radius 3 is 2.75 bits per heavy atom. The van der Waals surface area contributed by atoms with Gasteiger partial charge in [0.25, 0.3) is 0 Å². The summed E-state index contributed by atoms with van der Waals surface area (Å²) in [5.41, 5.74) is 5.01. The van der Waals surface area contributed by atoms with Crippen LogP contribution in [-0.2, 0) is 0 Å². The van der Waals surface area contributed by atoms with E-state index in [-0.39, 0.29) is 0 Å². The van der Waals surface area contributed by atoms with E-state index in [0.29, 0.717) is 0 Å². The monoisotopic (exact) mass is 297 g/mol. The van der Waals surface area contributed by atoms with Crippen molar-refractivity contribution in [1.82, 2.24) is 4.98 Å². The number of hydrogen-bond acceptors (Lipinski definition) is 3. The van der Waals surface area contributed by atoms with E-state index in [2.05, 4.69) is 20.9 Å². The molecule has 1 aromatic heterocycles. The summed E-state index contributed by atoms with van der Waals surface area (Å²) in [5.74, 6) is 0. The second kappa shape index (κ2) is 4.65. The molecule has 0 aliphatic rings. The number of benzene rings is 1. The molecule has 0 spiro atoms. The molecular formula is C12H12BrNOS. The van der Waals surface area contributed by atoms with Crippen LogP contribution in [0, 0.1) is 13.8 Å². The number of aromatic nitrogens is 1. The van der Waals surface area contributed by atoms with Crippen LogP contribution in [-0.4, -0.2) is 10.1 Å². The van der Waals surface area contributed by atoms with Crippen molar-refractivity contribution in [3.63, 3.8) is 0 Å². The van der Waals surface area contributed by atoms with E-state index < -0.39 is 6.10 Å². The van der Waals surface area contributed by atoms with E-state index in [1.165, 1.54) is 16.9 Å². The Kier molecular flexibility index (Phi) is 3.42. The second-order valence-electron chi connectivity index (χ2n) is 3.70. The van der Waals surface area contributed by atoms with E-state index in [1.807, 2.05) is 32.0 Å². The molecule has 0 bridgehead atoms. The van der Waals surface area contributed by atoms with Crippen LogP contribution in [0.1, 0.15) is 27.7 Å². The average Bonchev–Trinajstić information content (AvgIpc) is 2.68. The summed E-state index contributed by atoms with van der Waals surface area (Å²) in [5, 5.41) is 10.3. The zero-order valence-electron chi connectivity index (χ0n) is 9.07. The van der Waals surface area contributed by atoms with E-state index in [1.54, 1.807) is 5.51 Å². The van der Waals surface area contributed by atoms with Crippen molar-refractivity contribution >= 4 is 27.3 Å². The lowest BCUT2D eigenvalue weighted by atomic mass is 9.99. The summed E-state index contributed by atoms with van der Waals surface area (Å²) in [6, 6.07) is 5.97. The molecular weight excluding hydrogens is 286 g/mol. The number of halogens is 1. The molecule has 0 fully saturated rings. The molecule has 0 amide bonds. The number of thiazole rings is 1. The van der Waals surface area contributed by atoms with Gasteiger partial charge >= 0.3 is 0 Å². The Balaban J connectivity index is 2.46. The van der Waals surface area contributed by atoms with E-state index >= 15 is 0 Å². The van der Waals surface area contributed by atoms with E-state index in [0.717, 1.165) is 20.6 Å². The maximum atomic E-state index is 10.3. The SMILES string of the molecule is Cc1cccc(C(O)c2scnc2Br)c1C. The van der Waals surface area contributed by atoms with Crippen molar-refractivity contribution in [2.75, 3.05) is 0 Å². The lowest BCUT2D eigenvalue weighted by molar-refractivity contribution is 0.222. The summed E-state index contributed by atoms with van der Waals surface area (Å²) >= 11 is 4.81. The Bertz CT molecular complexity index is 509. The summed E-state index contributed by atoms with van der Waals surface area (Å²) in [6.45, 7) is 4.08. The second-order valence-corrected chi connectivity index (χ2v) is 5.34. The van der Waals surface area contributed by atoms with E-state index in [4.69, 9.17) is 0 Å². The van der Waals surface area contributed by atoms with Gasteiger partial charge in [-0.3, -0.25) is 0 Å². The van der Waals surface area contributed by atoms with Gasteiger partial charge < -0.3 is 5.11 Å². The van der Waals surface area contributed by atoms with Gasteiger partial charge in [-0.05, 0) is 46.5 Å². The fourth-order valence-electron chi connectivity index (χ4n) is 1.63. The fraction of sp³-hybridized carbons (Fsp3) is 0.250. The van der Waals surface area contributed by atoms with Crippen molar-refractivity contribution < 1.29 is 5.11 Å². The zero-order chi connectivity index (χ0) is 11.7. The van der Waals surface area contributed by atoms with Crippen LogP contribution in [0.4, 0.5) is 0 Å². The molecule has 16 heavy (non-hydrogen) atoms. The quantitative estimate of drug-likeness (QED) is 0.919. The molecule has 1 atom stereocenters. The fourth-order valence-corrected chi connectivity index (χ4v) is 3.04. The number of nitrogens with zero attached hydrogens (tertiary/aromatic N) is 1. The molecule has 84 valence electrons. The number of aryl methyl sites for hydroxylation is 1. The van der Waals surface area contributed by atoms with Crippen molar-refractivity contribution in [2.24, 2.45) is 0 Å². The molecule has 2 aromatic rings. The molecule has 2 rings (SSSR count). The first-order valence-corrected chi connectivity index (χ1v) is 6.61. The van der Waals surface area contributed by atoms with Crippen LogP contribution in [0.2, 0.25) is 0 Å². The number of aliphatic hydroxyl groups excluding tert-OH is 1. The highest BCUT2D eigenvalue weighted by atomic mass is 79.9. The topological polar surface area (TPSA) is 33.1 Å². The minimum Gasteiger partial charge on any atom is -0.383 e. The van der Waals surface area contributed by atoms with Crippen molar-refractivity contribution in [1.29, 1.82) is 0 Å². The van der Waals surface area contributed by atoms with Crippen LogP contribution < -0.4 is 0 Å². The molecule has 1 heterocycles. The van der Waals surface area contributed by atoms with E-state index in [9.17, 15) is 5.11 Å². The molecule has 0 saturated carbocycles. The van der Waals surface area contributed by atoms with Gasteiger partial charge in [0.1, 0.15) is 10.7 Å². The van der Waals surface area contributed by atoms with Crippen molar-refractivity contribution in [3.8, 4) is 0 Å². The van der Waals surface area contributed by atoms with Crippen LogP contribution >= 0.6 is 27.3 Å². The van der Waals surface area contributed by atoms with Gasteiger partial charge in [0.2, 0.25) is 0 Å². The summed E-state index contributed by atoms with van der Waals surface area (Å²) in [4.78, 5) is 4.95. The molecule has 0 saturated heterocycles. The number of rotatable bonds is 2. The standard InChI is InChI=1S/C12H12BrNOS/c1-7-4-3-5-9(8(7)2)10(15)11-12(13)14-6-16-11/h3-6,10,15H,1-2H3. The maximum absolute atomic E-state index is 10.3. The van der Waals surface area contributed by atoms with Gasteiger partial charge in [0.05, 0.1) is 10.4 Å². The molecule has 1 aromatic carbocycles. The van der Waals surface area contributed by atoms with Gasteiger partial charge in [-0.25, -0.2) is 4.98 Å². The first-order chi connectivity index (χ1) is 7.61. The van der Waals surface area contributed by atoms with Gasteiger partial charge in [-0.1, -0.05) is 18.2 Å². The molecule has 2 nitrogen and oxygen atoms in total. The Hall–Kier alpha value is -0.710. The molecule has 0 aliphatic carbocycles. The van der Waals surface area contributed by atoms with Gasteiger partial charge in [0, 0.05) is 0 Å². The summed E-state index contributed by atoms with van der Waals surface area (Å²) in [7, 11) is 0. The first-order valence-electron chi connectivity index (χ1n) is 4.94. The zero-order valence-corrected chi connectivity index (χ0v) is 11.5.